The van der Waals surface area contributed by atoms with E-state index >= 15 is 0 Å². The number of pyridine rings is 1. The van der Waals surface area contributed by atoms with Crippen molar-refractivity contribution in [3.63, 3.8) is 0 Å². The minimum absolute atomic E-state index is 0.342. The Balaban J connectivity index is 2.26. The van der Waals surface area contributed by atoms with Gasteiger partial charge in [0, 0.05) is 37.0 Å². The molecule has 0 aliphatic carbocycles. The topological polar surface area (TPSA) is 34.1 Å². The molecule has 1 unspecified atom stereocenters. The van der Waals surface area contributed by atoms with E-state index in [2.05, 4.69) is 17.2 Å². The van der Waals surface area contributed by atoms with E-state index in [1.165, 1.54) is 0 Å². The number of hydrogen-bond donors (Lipinski definition) is 1. The fraction of sp³-hybridized carbons (Fsp3) is 0.357. The van der Waals surface area contributed by atoms with Crippen LogP contribution >= 0.6 is 11.6 Å². The van der Waals surface area contributed by atoms with Gasteiger partial charge in [-0.25, -0.2) is 0 Å². The van der Waals surface area contributed by atoms with Crippen molar-refractivity contribution < 1.29 is 4.74 Å². The van der Waals surface area contributed by atoms with E-state index in [9.17, 15) is 0 Å². The zero-order valence-electron chi connectivity index (χ0n) is 10.6. The summed E-state index contributed by atoms with van der Waals surface area (Å²) in [5, 5.41) is 5.20. The van der Waals surface area contributed by atoms with Crippen molar-refractivity contribution >= 4 is 28.2 Å². The number of methoxy groups -OCH3 is 1. The molecule has 1 atom stereocenters. The van der Waals surface area contributed by atoms with E-state index in [1.54, 1.807) is 13.3 Å². The Kier molecular flexibility index (Phi) is 4.39. The molecule has 1 aromatic heterocycles. The Morgan fingerprint density at radius 1 is 1.39 bits per heavy atom. The molecule has 2 aromatic rings. The zero-order valence-corrected chi connectivity index (χ0v) is 11.4. The molecule has 1 aromatic carbocycles. The number of rotatable bonds is 5. The Morgan fingerprint density at radius 3 is 3.00 bits per heavy atom. The molecule has 3 nitrogen and oxygen atoms in total. The summed E-state index contributed by atoms with van der Waals surface area (Å²) in [5.41, 5.74) is 1.90. The Hall–Kier alpha value is -1.32. The van der Waals surface area contributed by atoms with E-state index in [-0.39, 0.29) is 0 Å². The molecule has 0 aliphatic heterocycles. The van der Waals surface area contributed by atoms with Crippen molar-refractivity contribution in [2.45, 2.75) is 19.4 Å². The lowest BCUT2D eigenvalue weighted by molar-refractivity contribution is 0.191. The van der Waals surface area contributed by atoms with Gasteiger partial charge in [-0.2, -0.15) is 0 Å². The fourth-order valence-corrected chi connectivity index (χ4v) is 2.11. The second-order valence-corrected chi connectivity index (χ2v) is 4.73. The van der Waals surface area contributed by atoms with Crippen LogP contribution in [0.4, 0.5) is 5.69 Å². The van der Waals surface area contributed by atoms with Crippen molar-refractivity contribution in [1.82, 2.24) is 4.98 Å². The van der Waals surface area contributed by atoms with Crippen LogP contribution in [-0.2, 0) is 4.74 Å². The molecule has 2 rings (SSSR count). The number of nitrogens with zero attached hydrogens (tertiary/aromatic N) is 1. The maximum atomic E-state index is 6.14. The highest BCUT2D eigenvalue weighted by Crippen LogP contribution is 2.28. The lowest BCUT2D eigenvalue weighted by Gasteiger charge is -2.16. The van der Waals surface area contributed by atoms with Crippen LogP contribution in [0.3, 0.4) is 0 Å². The molecule has 96 valence electrons. The number of halogens is 1. The normalized spacial score (nSPS) is 12.6. The molecule has 0 fully saturated rings. The fourth-order valence-electron chi connectivity index (χ4n) is 1.90. The maximum Gasteiger partial charge on any atom is 0.0908 e. The molecule has 0 aliphatic rings. The van der Waals surface area contributed by atoms with Crippen LogP contribution in [0.5, 0.6) is 0 Å². The SMILES string of the molecule is COCCC(C)Nc1ccc(Cl)c2ncccc12. The Bertz CT molecular complexity index is 530. The number of hydrogen-bond acceptors (Lipinski definition) is 3. The third-order valence-corrected chi connectivity index (χ3v) is 3.18. The van der Waals surface area contributed by atoms with E-state index < -0.39 is 0 Å². The smallest absolute Gasteiger partial charge is 0.0908 e. The molecular weight excluding hydrogens is 248 g/mol. The first kappa shape index (κ1) is 13.1. The highest BCUT2D eigenvalue weighted by atomic mass is 35.5. The molecule has 4 heteroatoms. The summed E-state index contributed by atoms with van der Waals surface area (Å²) in [4.78, 5) is 4.31. The predicted molar refractivity (Wildman–Crippen MR) is 76.3 cm³/mol. The van der Waals surface area contributed by atoms with Crippen molar-refractivity contribution in [1.29, 1.82) is 0 Å². The molecule has 0 saturated carbocycles. The zero-order chi connectivity index (χ0) is 13.0. The third-order valence-electron chi connectivity index (χ3n) is 2.88. The van der Waals surface area contributed by atoms with Crippen LogP contribution in [-0.4, -0.2) is 24.7 Å². The van der Waals surface area contributed by atoms with Gasteiger partial charge in [-0.15, -0.1) is 0 Å². The number of fused-ring (bicyclic) bond motifs is 1. The lowest BCUT2D eigenvalue weighted by atomic mass is 10.1. The van der Waals surface area contributed by atoms with Gasteiger partial charge in [-0.05, 0) is 37.6 Å². The largest absolute Gasteiger partial charge is 0.385 e. The van der Waals surface area contributed by atoms with Gasteiger partial charge >= 0.3 is 0 Å². The van der Waals surface area contributed by atoms with Crippen LogP contribution in [0.25, 0.3) is 10.9 Å². The molecule has 0 spiro atoms. The van der Waals surface area contributed by atoms with Gasteiger partial charge in [0.25, 0.3) is 0 Å². The van der Waals surface area contributed by atoms with E-state index in [4.69, 9.17) is 16.3 Å². The number of aromatic nitrogens is 1. The Labute approximate surface area is 112 Å². The van der Waals surface area contributed by atoms with Crippen molar-refractivity contribution in [2.75, 3.05) is 19.0 Å². The van der Waals surface area contributed by atoms with Crippen molar-refractivity contribution in [2.24, 2.45) is 0 Å². The summed E-state index contributed by atoms with van der Waals surface area (Å²) < 4.78 is 5.08. The molecular formula is C14H17ClN2O. The Morgan fingerprint density at radius 2 is 2.22 bits per heavy atom. The summed E-state index contributed by atoms with van der Waals surface area (Å²) in [5.74, 6) is 0. The number of anilines is 1. The van der Waals surface area contributed by atoms with Gasteiger partial charge < -0.3 is 10.1 Å². The average Bonchev–Trinajstić information content (AvgIpc) is 2.40. The number of benzene rings is 1. The third kappa shape index (κ3) is 2.92. The first-order chi connectivity index (χ1) is 8.72. The average molecular weight is 265 g/mol. The van der Waals surface area contributed by atoms with Crippen LogP contribution in [0.2, 0.25) is 5.02 Å². The van der Waals surface area contributed by atoms with Gasteiger partial charge in [-0.3, -0.25) is 4.98 Å². The second-order valence-electron chi connectivity index (χ2n) is 4.32. The molecule has 0 radical (unpaired) electrons. The van der Waals surface area contributed by atoms with Gasteiger partial charge in [-0.1, -0.05) is 11.6 Å². The molecule has 1 heterocycles. The summed E-state index contributed by atoms with van der Waals surface area (Å²) in [6.07, 6.45) is 2.72. The van der Waals surface area contributed by atoms with E-state index in [0.717, 1.165) is 29.6 Å². The highest BCUT2D eigenvalue weighted by molar-refractivity contribution is 6.35. The van der Waals surface area contributed by atoms with Gasteiger partial charge in [0.15, 0.2) is 0 Å². The van der Waals surface area contributed by atoms with Gasteiger partial charge in [0.2, 0.25) is 0 Å². The first-order valence-corrected chi connectivity index (χ1v) is 6.39. The standard InChI is InChI=1S/C14H17ClN2O/c1-10(7-9-18-2)17-13-6-5-12(15)14-11(13)4-3-8-16-14/h3-6,8,10,17H,7,9H2,1-2H3. The number of ether oxygens (including phenoxy) is 1. The van der Waals surface area contributed by atoms with Crippen LogP contribution in [0.1, 0.15) is 13.3 Å². The van der Waals surface area contributed by atoms with E-state index in [1.807, 2.05) is 24.3 Å². The minimum Gasteiger partial charge on any atom is -0.385 e. The summed E-state index contributed by atoms with van der Waals surface area (Å²) in [7, 11) is 1.72. The van der Waals surface area contributed by atoms with E-state index in [0.29, 0.717) is 11.1 Å². The van der Waals surface area contributed by atoms with Gasteiger partial charge in [0.05, 0.1) is 10.5 Å². The quantitative estimate of drug-likeness (QED) is 0.894. The first-order valence-electron chi connectivity index (χ1n) is 6.01. The second kappa shape index (κ2) is 6.03. The predicted octanol–water partition coefficient (Wildman–Crippen LogP) is 3.73. The maximum absolute atomic E-state index is 6.14. The van der Waals surface area contributed by atoms with Crippen molar-refractivity contribution in [3.8, 4) is 0 Å². The molecule has 1 N–H and O–H groups in total. The van der Waals surface area contributed by atoms with Crippen molar-refractivity contribution in [3.05, 3.63) is 35.5 Å². The van der Waals surface area contributed by atoms with Crippen LogP contribution in [0, 0.1) is 0 Å². The van der Waals surface area contributed by atoms with Gasteiger partial charge in [0.1, 0.15) is 0 Å². The summed E-state index contributed by atoms with van der Waals surface area (Å²) >= 11 is 6.14. The summed E-state index contributed by atoms with van der Waals surface area (Å²) in [6, 6.07) is 8.16. The number of nitrogens with one attached hydrogen (secondary N) is 1. The molecule has 0 bridgehead atoms. The molecule has 0 amide bonds. The summed E-state index contributed by atoms with van der Waals surface area (Å²) in [6.45, 7) is 2.88. The minimum atomic E-state index is 0.342. The van der Waals surface area contributed by atoms with Crippen LogP contribution in [0.15, 0.2) is 30.5 Å². The highest BCUT2D eigenvalue weighted by Gasteiger charge is 2.08. The lowest BCUT2D eigenvalue weighted by Crippen LogP contribution is -2.17. The molecule has 18 heavy (non-hydrogen) atoms. The molecule has 0 saturated heterocycles. The van der Waals surface area contributed by atoms with Crippen LogP contribution < -0.4 is 5.32 Å². The monoisotopic (exact) mass is 264 g/mol.